The number of aryl methyl sites for hydroxylation is 1. The fourth-order valence-electron chi connectivity index (χ4n) is 6.44. The van der Waals surface area contributed by atoms with Crippen LogP contribution in [0.1, 0.15) is 59.9 Å². The van der Waals surface area contributed by atoms with Crippen LogP contribution in [0.15, 0.2) is 66.7 Å². The van der Waals surface area contributed by atoms with Crippen LogP contribution >= 0.6 is 0 Å². The number of aliphatic hydroxyl groups excluding tert-OH is 1. The van der Waals surface area contributed by atoms with E-state index in [1.807, 2.05) is 37.3 Å². The first-order valence-electron chi connectivity index (χ1n) is 18.0. The molecule has 13 nitrogen and oxygen atoms in total. The third-order valence-corrected chi connectivity index (χ3v) is 9.88. The lowest BCUT2D eigenvalue weighted by molar-refractivity contribution is -0.231. The molecule has 2 atom stereocenters. The molecule has 17 heteroatoms. The highest BCUT2D eigenvalue weighted by Crippen LogP contribution is 2.42. The second-order valence-electron chi connectivity index (χ2n) is 14.0. The average molecular weight is 782 g/mol. The van der Waals surface area contributed by atoms with Gasteiger partial charge in [0.2, 0.25) is 17.6 Å². The fourth-order valence-corrected chi connectivity index (χ4v) is 6.44. The molecule has 3 aromatic carbocycles. The van der Waals surface area contributed by atoms with Gasteiger partial charge in [-0.15, -0.1) is 0 Å². The molecule has 1 fully saturated rings. The zero-order chi connectivity index (χ0) is 40.8. The van der Waals surface area contributed by atoms with E-state index in [4.69, 9.17) is 10.8 Å². The Morgan fingerprint density at radius 2 is 1.57 bits per heavy atom. The number of rotatable bonds is 15. The molecule has 0 aliphatic heterocycles. The number of halogens is 4. The third kappa shape index (κ3) is 9.39. The lowest BCUT2D eigenvalue weighted by atomic mass is 9.81. The Labute approximate surface area is 319 Å². The van der Waals surface area contributed by atoms with Crippen LogP contribution in [0.2, 0.25) is 0 Å². The molecule has 3 amide bonds. The van der Waals surface area contributed by atoms with E-state index in [1.54, 1.807) is 24.2 Å². The second-order valence-corrected chi connectivity index (χ2v) is 14.0. The van der Waals surface area contributed by atoms with E-state index >= 15 is 0 Å². The summed E-state index contributed by atoms with van der Waals surface area (Å²) in [5.41, 5.74) is 9.98. The smallest absolute Gasteiger partial charge is 0.411 e. The van der Waals surface area contributed by atoms with Gasteiger partial charge in [0.25, 0.3) is 5.91 Å². The van der Waals surface area contributed by atoms with Crippen molar-refractivity contribution < 1.29 is 47.0 Å². The molecule has 5 rings (SSSR count). The standard InChI is InChI=1S/C39H43F4N7O6/c1-21-17-28(34(53)45-22(2)20-51)13-16-30(21)25-7-3-23(4-8-25)18-31(47-33(52)27-9-5-24(19-44)6-10-27)35(54)46-29-14-11-26(12-15-29)32-48-36(50-49-32)38(40,41)39(42,43)37(55)56/h3-4,7-8,11-17,22,24,27,31,51H,5-6,9-10,18-20,44H2,1-2H3,(H,45,53)(H,46,54)(H,47,52)(H,55,56)(H,48,49,50)/t22-,24?,27?,31?/m0/s1. The van der Waals surface area contributed by atoms with Crippen molar-refractivity contribution >= 4 is 29.4 Å². The van der Waals surface area contributed by atoms with Crippen molar-refractivity contribution in [3.63, 3.8) is 0 Å². The van der Waals surface area contributed by atoms with Crippen molar-refractivity contribution in [1.82, 2.24) is 25.8 Å². The van der Waals surface area contributed by atoms with Crippen LogP contribution in [-0.4, -0.2) is 80.2 Å². The van der Waals surface area contributed by atoms with Gasteiger partial charge in [0.1, 0.15) is 6.04 Å². The maximum absolute atomic E-state index is 14.2. The number of hydrogen-bond donors (Lipinski definition) is 7. The molecule has 0 bridgehead atoms. The van der Waals surface area contributed by atoms with E-state index in [9.17, 15) is 41.8 Å². The number of alkyl halides is 4. The largest absolute Gasteiger partial charge is 0.477 e. The molecule has 1 aliphatic carbocycles. The zero-order valence-electron chi connectivity index (χ0n) is 30.6. The van der Waals surface area contributed by atoms with E-state index in [0.29, 0.717) is 30.9 Å². The van der Waals surface area contributed by atoms with E-state index in [0.717, 1.165) is 35.1 Å². The minimum Gasteiger partial charge on any atom is -0.477 e. The van der Waals surface area contributed by atoms with Crippen LogP contribution in [0.3, 0.4) is 0 Å². The lowest BCUT2D eigenvalue weighted by Gasteiger charge is -2.28. The Kier molecular flexibility index (Phi) is 12.9. The number of H-pyrrole nitrogens is 1. The highest BCUT2D eigenvalue weighted by atomic mass is 19.3. The number of nitrogens with two attached hydrogens (primary N) is 1. The minimum atomic E-state index is -5.44. The summed E-state index contributed by atoms with van der Waals surface area (Å²) in [5.74, 6) is -16.7. The van der Waals surface area contributed by atoms with E-state index < -0.39 is 47.5 Å². The molecule has 0 saturated heterocycles. The zero-order valence-corrected chi connectivity index (χ0v) is 30.6. The SMILES string of the molecule is Cc1cc(C(=O)N[C@@H](C)CO)ccc1-c1ccc(CC(NC(=O)C2CCC(CN)CC2)C(=O)Nc2ccc(-c3n[nH]c(C(F)(F)C(F)(F)C(=O)O)n3)cc2)cc1. The number of aromatic nitrogens is 3. The number of carbonyl (C=O) groups excluding carboxylic acids is 3. The minimum absolute atomic E-state index is 0.0994. The Morgan fingerprint density at radius 1 is 0.929 bits per heavy atom. The van der Waals surface area contributed by atoms with Gasteiger partial charge in [-0.2, -0.15) is 22.7 Å². The summed E-state index contributed by atoms with van der Waals surface area (Å²) in [6, 6.07) is 16.8. The molecule has 298 valence electrons. The number of anilines is 1. The number of carboxylic acid groups (broad SMARTS) is 1. The number of nitrogens with zero attached hydrogens (tertiary/aromatic N) is 2. The predicted molar refractivity (Wildman–Crippen MR) is 198 cm³/mol. The molecule has 1 aliphatic rings. The Morgan fingerprint density at radius 3 is 2.16 bits per heavy atom. The summed E-state index contributed by atoms with van der Waals surface area (Å²) < 4.78 is 55.8. The van der Waals surface area contributed by atoms with Crippen molar-refractivity contribution in [3.05, 3.63) is 89.2 Å². The first-order valence-corrected chi connectivity index (χ1v) is 18.0. The number of carboxylic acids is 1. The Hall–Kier alpha value is -5.68. The van der Waals surface area contributed by atoms with E-state index in [1.165, 1.54) is 24.3 Å². The first-order chi connectivity index (χ1) is 26.5. The summed E-state index contributed by atoms with van der Waals surface area (Å²) in [7, 11) is 0. The van der Waals surface area contributed by atoms with Gasteiger partial charge in [-0.05, 0) is 111 Å². The molecule has 1 aromatic heterocycles. The molecular weight excluding hydrogens is 738 g/mol. The summed E-state index contributed by atoms with van der Waals surface area (Å²) >= 11 is 0. The molecule has 4 aromatic rings. The topological polar surface area (TPSA) is 212 Å². The van der Waals surface area contributed by atoms with Crippen molar-refractivity contribution in [2.75, 3.05) is 18.5 Å². The number of aliphatic hydroxyl groups is 1. The van der Waals surface area contributed by atoms with Gasteiger partial charge < -0.3 is 31.9 Å². The highest BCUT2D eigenvalue weighted by molar-refractivity contribution is 5.98. The van der Waals surface area contributed by atoms with Gasteiger partial charge >= 0.3 is 17.8 Å². The molecule has 1 unspecified atom stereocenters. The van der Waals surface area contributed by atoms with Gasteiger partial charge in [-0.25, -0.2) is 9.78 Å². The molecule has 8 N–H and O–H groups in total. The fraction of sp³-hybridized carbons (Fsp3) is 0.385. The van der Waals surface area contributed by atoms with Gasteiger partial charge in [0.05, 0.1) is 6.61 Å². The molecular formula is C39H43F4N7O6. The lowest BCUT2D eigenvalue weighted by Crippen LogP contribution is -2.48. The van der Waals surface area contributed by atoms with Gasteiger partial charge in [0, 0.05) is 35.2 Å². The number of hydrogen-bond acceptors (Lipinski definition) is 8. The molecule has 1 saturated carbocycles. The van der Waals surface area contributed by atoms with Crippen LogP contribution in [0.5, 0.6) is 0 Å². The highest BCUT2D eigenvalue weighted by Gasteiger charge is 2.65. The predicted octanol–water partition coefficient (Wildman–Crippen LogP) is 4.80. The van der Waals surface area contributed by atoms with Crippen LogP contribution in [0.25, 0.3) is 22.5 Å². The Bertz CT molecular complexity index is 2030. The number of nitrogens with one attached hydrogen (secondary N) is 4. The quantitative estimate of drug-likeness (QED) is 0.0825. The maximum Gasteiger partial charge on any atom is 0.411 e. The van der Waals surface area contributed by atoms with Crippen molar-refractivity contribution in [2.24, 2.45) is 17.6 Å². The summed E-state index contributed by atoms with van der Waals surface area (Å²) in [4.78, 5) is 53.8. The van der Waals surface area contributed by atoms with Crippen LogP contribution in [0.4, 0.5) is 23.2 Å². The number of benzene rings is 3. The monoisotopic (exact) mass is 781 g/mol. The number of aliphatic carboxylic acids is 1. The molecule has 1 heterocycles. The van der Waals surface area contributed by atoms with Crippen LogP contribution in [0, 0.1) is 18.8 Å². The van der Waals surface area contributed by atoms with Gasteiger partial charge in [-0.1, -0.05) is 30.3 Å². The number of aromatic amines is 1. The molecule has 0 radical (unpaired) electrons. The second kappa shape index (κ2) is 17.4. The maximum atomic E-state index is 14.2. The normalized spacial score (nSPS) is 17.1. The van der Waals surface area contributed by atoms with Crippen molar-refractivity contribution in [1.29, 1.82) is 0 Å². The third-order valence-electron chi connectivity index (χ3n) is 9.88. The van der Waals surface area contributed by atoms with Crippen molar-refractivity contribution in [2.45, 2.75) is 69.9 Å². The van der Waals surface area contributed by atoms with Crippen molar-refractivity contribution in [3.8, 4) is 22.5 Å². The Balaban J connectivity index is 1.31. The van der Waals surface area contributed by atoms with Crippen LogP contribution in [-0.2, 0) is 26.7 Å². The van der Waals surface area contributed by atoms with Crippen LogP contribution < -0.4 is 21.7 Å². The number of amides is 3. The first kappa shape index (κ1) is 41.5. The summed E-state index contributed by atoms with van der Waals surface area (Å²) in [5, 5.41) is 31.4. The molecule has 0 spiro atoms. The summed E-state index contributed by atoms with van der Waals surface area (Å²) in [6.07, 6.45) is 3.02. The average Bonchev–Trinajstić information content (AvgIpc) is 3.69. The number of carbonyl (C=O) groups is 4. The summed E-state index contributed by atoms with van der Waals surface area (Å²) in [6.45, 7) is 3.94. The van der Waals surface area contributed by atoms with E-state index in [2.05, 4.69) is 26.0 Å². The van der Waals surface area contributed by atoms with E-state index in [-0.39, 0.29) is 42.0 Å². The van der Waals surface area contributed by atoms with Gasteiger partial charge in [0.15, 0.2) is 5.82 Å². The van der Waals surface area contributed by atoms with Gasteiger partial charge in [-0.3, -0.25) is 19.5 Å². The molecule has 56 heavy (non-hydrogen) atoms.